The lowest BCUT2D eigenvalue weighted by molar-refractivity contribution is -0.671. The molecule has 0 aliphatic heterocycles. The number of pyridine rings is 2. The first-order valence-electron chi connectivity index (χ1n) is 8.69. The molecule has 3 aromatic heterocycles. The molecule has 2 aromatic carbocycles. The van der Waals surface area contributed by atoms with Gasteiger partial charge in [0.15, 0.2) is 12.4 Å². The Morgan fingerprint density at radius 2 is 1.70 bits per heavy atom. The summed E-state index contributed by atoms with van der Waals surface area (Å²) in [4.78, 5) is 29.9. The van der Waals surface area contributed by atoms with Crippen molar-refractivity contribution in [3.05, 3.63) is 94.5 Å². The average molecular weight is 354 g/mol. The fourth-order valence-electron chi connectivity index (χ4n) is 3.70. The Morgan fingerprint density at radius 3 is 2.52 bits per heavy atom. The van der Waals surface area contributed by atoms with Gasteiger partial charge in [0.05, 0.1) is 22.2 Å². The zero-order chi connectivity index (χ0) is 18.5. The van der Waals surface area contributed by atoms with E-state index in [1.165, 1.54) is 0 Å². The molecule has 130 valence electrons. The molecule has 5 rings (SSSR count). The Labute approximate surface area is 154 Å². The number of rotatable bonds is 2. The second kappa shape index (κ2) is 5.64. The van der Waals surface area contributed by atoms with E-state index in [9.17, 15) is 9.59 Å². The van der Waals surface area contributed by atoms with Crippen molar-refractivity contribution in [2.45, 2.75) is 0 Å². The number of hydrogen-bond donors (Lipinski definition) is 1. The van der Waals surface area contributed by atoms with E-state index in [0.29, 0.717) is 27.5 Å². The van der Waals surface area contributed by atoms with Crippen LogP contribution >= 0.6 is 0 Å². The van der Waals surface area contributed by atoms with Crippen LogP contribution in [0.3, 0.4) is 0 Å². The number of ketones is 1. The number of aryl methyl sites for hydroxylation is 1. The van der Waals surface area contributed by atoms with Crippen LogP contribution in [0.2, 0.25) is 0 Å². The molecule has 5 heteroatoms. The molecule has 0 bridgehead atoms. The molecular weight excluding hydrogens is 338 g/mol. The van der Waals surface area contributed by atoms with E-state index in [2.05, 4.69) is 4.98 Å². The first-order chi connectivity index (χ1) is 13.1. The summed E-state index contributed by atoms with van der Waals surface area (Å²) in [5.41, 5.74) is 3.05. The zero-order valence-electron chi connectivity index (χ0n) is 14.6. The largest absolute Gasteiger partial charge is 0.339 e. The summed E-state index contributed by atoms with van der Waals surface area (Å²) >= 11 is 0. The highest BCUT2D eigenvalue weighted by Gasteiger charge is 2.22. The van der Waals surface area contributed by atoms with Gasteiger partial charge < -0.3 is 4.98 Å². The van der Waals surface area contributed by atoms with Crippen LogP contribution in [0.5, 0.6) is 0 Å². The van der Waals surface area contributed by atoms with E-state index in [1.54, 1.807) is 22.7 Å². The maximum Gasteiger partial charge on any atom is 0.264 e. The first-order valence-corrected chi connectivity index (χ1v) is 8.69. The summed E-state index contributed by atoms with van der Waals surface area (Å²) in [6.45, 7) is 0. The van der Waals surface area contributed by atoms with E-state index in [0.717, 1.165) is 11.0 Å². The van der Waals surface area contributed by atoms with Crippen LogP contribution in [-0.4, -0.2) is 15.2 Å². The number of aromatic amines is 1. The lowest BCUT2D eigenvalue weighted by Crippen LogP contribution is -2.28. The van der Waals surface area contributed by atoms with Crippen molar-refractivity contribution in [3.8, 4) is 0 Å². The molecule has 3 heterocycles. The third kappa shape index (κ3) is 2.22. The fourth-order valence-corrected chi connectivity index (χ4v) is 3.70. The predicted octanol–water partition coefficient (Wildman–Crippen LogP) is 2.99. The van der Waals surface area contributed by atoms with Crippen LogP contribution in [0.4, 0.5) is 0 Å². The molecule has 0 aliphatic rings. The molecule has 0 radical (unpaired) electrons. The molecule has 0 aliphatic carbocycles. The number of nitrogens with one attached hydrogen (secondary N) is 1. The van der Waals surface area contributed by atoms with Crippen molar-refractivity contribution >= 4 is 33.2 Å². The molecule has 0 spiro atoms. The summed E-state index contributed by atoms with van der Waals surface area (Å²) < 4.78 is 3.45. The molecule has 0 amide bonds. The first kappa shape index (κ1) is 15.5. The van der Waals surface area contributed by atoms with E-state index in [4.69, 9.17) is 0 Å². The van der Waals surface area contributed by atoms with Gasteiger partial charge in [-0.05, 0) is 24.3 Å². The Bertz CT molecular complexity index is 1430. The van der Waals surface area contributed by atoms with Crippen molar-refractivity contribution in [3.63, 3.8) is 0 Å². The van der Waals surface area contributed by atoms with Gasteiger partial charge in [0, 0.05) is 16.8 Å². The summed E-state index contributed by atoms with van der Waals surface area (Å²) in [7, 11) is 1.88. The van der Waals surface area contributed by atoms with Crippen molar-refractivity contribution in [2.24, 2.45) is 7.05 Å². The number of benzene rings is 2. The number of fused-ring (bicyclic) bond motifs is 4. The Kier molecular flexibility index (Phi) is 3.24. The summed E-state index contributed by atoms with van der Waals surface area (Å²) in [6.07, 6.45) is 3.67. The van der Waals surface area contributed by atoms with Crippen molar-refractivity contribution in [2.75, 3.05) is 0 Å². The highest BCUT2D eigenvalue weighted by Crippen LogP contribution is 2.26. The monoisotopic (exact) mass is 354 g/mol. The number of H-pyrrole nitrogens is 1. The number of imidazole rings is 1. The van der Waals surface area contributed by atoms with Gasteiger partial charge in [0.2, 0.25) is 5.78 Å². The minimum Gasteiger partial charge on any atom is -0.339 e. The van der Waals surface area contributed by atoms with Crippen LogP contribution in [0.25, 0.3) is 27.5 Å². The second-order valence-electron chi connectivity index (χ2n) is 6.64. The molecule has 5 aromatic rings. The molecule has 0 saturated carbocycles. The standard InChI is InChI=1S/C22H15N3O2/c1-24-12-6-7-14(13-24)20(26)19-15-8-2-3-9-16(15)22(27)25-18-11-5-4-10-17(18)23-21(19)25/h2-13H,1H3/p+1. The maximum atomic E-state index is 13.5. The van der Waals surface area contributed by atoms with Crippen LogP contribution in [0, 0.1) is 0 Å². The molecule has 1 N–H and O–H groups in total. The van der Waals surface area contributed by atoms with E-state index < -0.39 is 0 Å². The van der Waals surface area contributed by atoms with E-state index in [1.807, 2.05) is 66.3 Å². The van der Waals surface area contributed by atoms with Gasteiger partial charge in [0.25, 0.3) is 5.56 Å². The highest BCUT2D eigenvalue weighted by atomic mass is 16.1. The molecular formula is C22H16N3O2+. The Balaban J connectivity index is 1.99. The van der Waals surface area contributed by atoms with Crippen LogP contribution < -0.4 is 10.1 Å². The van der Waals surface area contributed by atoms with E-state index in [-0.39, 0.29) is 11.3 Å². The third-order valence-electron chi connectivity index (χ3n) is 4.92. The molecule has 27 heavy (non-hydrogen) atoms. The molecule has 0 unspecified atom stereocenters. The quantitative estimate of drug-likeness (QED) is 0.391. The Morgan fingerprint density at radius 1 is 0.963 bits per heavy atom. The lowest BCUT2D eigenvalue weighted by atomic mass is 9.99. The maximum absolute atomic E-state index is 13.5. The summed E-state index contributed by atoms with van der Waals surface area (Å²) in [5.74, 6) is -0.119. The predicted molar refractivity (Wildman–Crippen MR) is 104 cm³/mol. The minimum absolute atomic E-state index is 0.119. The van der Waals surface area contributed by atoms with Gasteiger partial charge in [-0.2, -0.15) is 0 Å². The Hall–Kier alpha value is -3.73. The summed E-state index contributed by atoms with van der Waals surface area (Å²) in [5, 5.41) is 1.19. The highest BCUT2D eigenvalue weighted by molar-refractivity contribution is 6.20. The smallest absolute Gasteiger partial charge is 0.264 e. The molecule has 5 nitrogen and oxygen atoms in total. The van der Waals surface area contributed by atoms with Crippen molar-refractivity contribution in [1.82, 2.24) is 9.38 Å². The van der Waals surface area contributed by atoms with Crippen molar-refractivity contribution < 1.29 is 9.36 Å². The van der Waals surface area contributed by atoms with Gasteiger partial charge in [-0.1, -0.05) is 30.3 Å². The molecule has 0 saturated heterocycles. The van der Waals surface area contributed by atoms with Crippen LogP contribution in [0.1, 0.15) is 15.9 Å². The van der Waals surface area contributed by atoms with Gasteiger partial charge in [0.1, 0.15) is 12.7 Å². The lowest BCUT2D eigenvalue weighted by Gasteiger charge is -2.08. The van der Waals surface area contributed by atoms with Crippen LogP contribution in [0.15, 0.2) is 77.9 Å². The topological polar surface area (TPSA) is 58.2 Å². The van der Waals surface area contributed by atoms with Gasteiger partial charge in [-0.15, -0.1) is 0 Å². The minimum atomic E-state index is -0.131. The van der Waals surface area contributed by atoms with E-state index >= 15 is 0 Å². The SMILES string of the molecule is C[n+]1cccc(C(=O)c2c3ccccc3c(=O)n3c2[nH]c2ccccc23)c1. The third-order valence-corrected chi connectivity index (χ3v) is 4.92. The number of nitrogens with zero attached hydrogens (tertiary/aromatic N) is 2. The number of hydrogen-bond acceptors (Lipinski definition) is 2. The number of carbonyl (C=O) groups is 1. The molecule has 0 atom stereocenters. The normalized spacial score (nSPS) is 11.4. The van der Waals surface area contributed by atoms with Gasteiger partial charge >= 0.3 is 0 Å². The van der Waals surface area contributed by atoms with Gasteiger partial charge in [-0.3, -0.25) is 14.0 Å². The van der Waals surface area contributed by atoms with Crippen molar-refractivity contribution in [1.29, 1.82) is 0 Å². The fraction of sp³-hybridized carbons (Fsp3) is 0.0455. The number of carbonyl (C=O) groups excluding carboxylic acids is 1. The summed E-state index contributed by atoms with van der Waals surface area (Å²) in [6, 6.07) is 18.5. The van der Waals surface area contributed by atoms with Gasteiger partial charge in [-0.25, -0.2) is 4.57 Å². The van der Waals surface area contributed by atoms with Crippen LogP contribution in [-0.2, 0) is 7.05 Å². The zero-order valence-corrected chi connectivity index (χ0v) is 14.6. The number of aromatic nitrogens is 3. The number of para-hydroxylation sites is 2. The molecule has 0 fully saturated rings. The second-order valence-corrected chi connectivity index (χ2v) is 6.64. The average Bonchev–Trinajstić information content (AvgIpc) is 3.07.